The van der Waals surface area contributed by atoms with E-state index in [1.165, 1.54) is 12.1 Å². The average molecular weight is 296 g/mol. The number of nitro benzene ring substituents is 1. The van der Waals surface area contributed by atoms with Crippen LogP contribution in [0.3, 0.4) is 0 Å². The summed E-state index contributed by atoms with van der Waals surface area (Å²) in [7, 11) is 0. The van der Waals surface area contributed by atoms with Crippen LogP contribution in [-0.2, 0) is 0 Å². The normalized spacial score (nSPS) is 25.6. The molecule has 0 unspecified atom stereocenters. The number of rotatable bonds is 5. The number of benzene rings is 1. The highest BCUT2D eigenvalue weighted by atomic mass is 19.1. The Morgan fingerprint density at radius 2 is 2.10 bits per heavy atom. The van der Waals surface area contributed by atoms with E-state index in [4.69, 9.17) is 0 Å². The minimum absolute atomic E-state index is 0.282. The number of halogens is 1. The van der Waals surface area contributed by atoms with Crippen LogP contribution in [0.1, 0.15) is 39.0 Å². The lowest BCUT2D eigenvalue weighted by atomic mass is 9.78. The zero-order valence-electron chi connectivity index (χ0n) is 12.1. The van der Waals surface area contributed by atoms with Crippen molar-refractivity contribution in [2.24, 2.45) is 5.92 Å². The van der Waals surface area contributed by atoms with Gasteiger partial charge in [-0.3, -0.25) is 10.1 Å². The summed E-state index contributed by atoms with van der Waals surface area (Å²) in [5.41, 5.74) is -0.779. The van der Waals surface area contributed by atoms with Crippen LogP contribution in [0, 0.1) is 21.8 Å². The molecule has 1 fully saturated rings. The molecule has 5 nitrogen and oxygen atoms in total. The van der Waals surface area contributed by atoms with E-state index in [1.54, 1.807) is 0 Å². The average Bonchev–Trinajstić information content (AvgIpc) is 2.45. The maximum atomic E-state index is 13.3. The summed E-state index contributed by atoms with van der Waals surface area (Å²) in [4.78, 5) is 10.1. The third-order valence-corrected chi connectivity index (χ3v) is 4.33. The number of nitrogens with one attached hydrogen (secondary N) is 1. The van der Waals surface area contributed by atoms with Crippen molar-refractivity contribution in [1.29, 1.82) is 0 Å². The predicted octanol–water partition coefficient (Wildman–Crippen LogP) is 3.48. The van der Waals surface area contributed by atoms with E-state index in [9.17, 15) is 19.6 Å². The third kappa shape index (κ3) is 4.14. The van der Waals surface area contributed by atoms with E-state index in [0.29, 0.717) is 24.4 Å². The molecular weight excluding hydrogens is 275 g/mol. The van der Waals surface area contributed by atoms with Gasteiger partial charge in [0.2, 0.25) is 0 Å². The van der Waals surface area contributed by atoms with Crippen molar-refractivity contribution in [2.45, 2.75) is 44.6 Å². The summed E-state index contributed by atoms with van der Waals surface area (Å²) in [6.45, 7) is 2.43. The van der Waals surface area contributed by atoms with Gasteiger partial charge in [-0.1, -0.05) is 13.3 Å². The molecule has 0 bridgehead atoms. The summed E-state index contributed by atoms with van der Waals surface area (Å²) in [6.07, 6.45) is 4.50. The summed E-state index contributed by atoms with van der Waals surface area (Å²) in [5.74, 6) is 0.00825. The van der Waals surface area contributed by atoms with Gasteiger partial charge in [0.1, 0.15) is 5.82 Å². The van der Waals surface area contributed by atoms with Gasteiger partial charge < -0.3 is 10.4 Å². The standard InChI is InChI=1S/C15H21FN2O3/c1-2-11-3-5-15(19,6-4-11)10-17-13-7-12(16)8-14(9-13)18(20)21/h7-9,11,17,19H,2-6,10H2,1H3. The summed E-state index contributed by atoms with van der Waals surface area (Å²) < 4.78 is 13.3. The molecule has 1 aromatic rings. The van der Waals surface area contributed by atoms with Crippen molar-refractivity contribution in [3.05, 3.63) is 34.1 Å². The molecule has 0 radical (unpaired) electrons. The van der Waals surface area contributed by atoms with Gasteiger partial charge in [0.25, 0.3) is 5.69 Å². The number of hydrogen-bond acceptors (Lipinski definition) is 4. The van der Waals surface area contributed by atoms with Gasteiger partial charge >= 0.3 is 0 Å². The maximum absolute atomic E-state index is 13.3. The summed E-state index contributed by atoms with van der Waals surface area (Å²) >= 11 is 0. The van der Waals surface area contributed by atoms with Gasteiger partial charge in [0.15, 0.2) is 0 Å². The van der Waals surface area contributed by atoms with Crippen LogP contribution in [0.15, 0.2) is 18.2 Å². The van der Waals surface area contributed by atoms with Crippen LogP contribution in [0.4, 0.5) is 15.8 Å². The van der Waals surface area contributed by atoms with Crippen molar-refractivity contribution in [3.63, 3.8) is 0 Å². The molecule has 1 aromatic carbocycles. The number of aliphatic hydroxyl groups is 1. The highest BCUT2D eigenvalue weighted by Crippen LogP contribution is 2.34. The van der Waals surface area contributed by atoms with Crippen molar-refractivity contribution < 1.29 is 14.4 Å². The molecule has 0 saturated heterocycles. The number of anilines is 1. The Bertz CT molecular complexity index is 514. The minimum atomic E-state index is -0.813. The van der Waals surface area contributed by atoms with Crippen LogP contribution in [0.25, 0.3) is 0 Å². The van der Waals surface area contributed by atoms with Crippen LogP contribution < -0.4 is 5.32 Å². The predicted molar refractivity (Wildman–Crippen MR) is 78.7 cm³/mol. The number of nitrogens with zero attached hydrogens (tertiary/aromatic N) is 1. The van der Waals surface area contributed by atoms with Crippen LogP contribution in [-0.4, -0.2) is 22.2 Å². The van der Waals surface area contributed by atoms with Gasteiger partial charge in [0.05, 0.1) is 16.6 Å². The van der Waals surface area contributed by atoms with E-state index in [-0.39, 0.29) is 12.2 Å². The number of nitro groups is 1. The molecule has 0 atom stereocenters. The van der Waals surface area contributed by atoms with Gasteiger partial charge in [-0.2, -0.15) is 0 Å². The molecule has 0 amide bonds. The SMILES string of the molecule is CCC1CCC(O)(CNc2cc(F)cc([N+](=O)[O-])c2)CC1. The zero-order chi connectivity index (χ0) is 15.5. The molecule has 1 aliphatic carbocycles. The molecule has 2 rings (SSSR count). The fraction of sp³-hybridized carbons (Fsp3) is 0.600. The monoisotopic (exact) mass is 296 g/mol. The van der Waals surface area contributed by atoms with Gasteiger partial charge in [-0.15, -0.1) is 0 Å². The van der Waals surface area contributed by atoms with E-state index >= 15 is 0 Å². The smallest absolute Gasteiger partial charge is 0.274 e. The fourth-order valence-electron chi connectivity index (χ4n) is 2.85. The Labute approximate surface area is 123 Å². The third-order valence-electron chi connectivity index (χ3n) is 4.33. The first-order valence-corrected chi connectivity index (χ1v) is 7.33. The van der Waals surface area contributed by atoms with Crippen molar-refractivity contribution >= 4 is 11.4 Å². The van der Waals surface area contributed by atoms with Crippen LogP contribution in [0.5, 0.6) is 0 Å². The minimum Gasteiger partial charge on any atom is -0.388 e. The Kier molecular flexibility index (Phi) is 4.77. The molecule has 0 spiro atoms. The lowest BCUT2D eigenvalue weighted by Gasteiger charge is -2.36. The lowest BCUT2D eigenvalue weighted by Crippen LogP contribution is -2.40. The van der Waals surface area contributed by atoms with E-state index in [2.05, 4.69) is 12.2 Å². The second kappa shape index (κ2) is 6.39. The highest BCUT2D eigenvalue weighted by molar-refractivity contribution is 5.51. The van der Waals surface area contributed by atoms with Gasteiger partial charge in [-0.05, 0) is 37.7 Å². The summed E-state index contributed by atoms with van der Waals surface area (Å²) in [6, 6.07) is 3.37. The molecule has 1 saturated carbocycles. The Morgan fingerprint density at radius 3 is 2.67 bits per heavy atom. The lowest BCUT2D eigenvalue weighted by molar-refractivity contribution is -0.385. The van der Waals surface area contributed by atoms with E-state index < -0.39 is 16.3 Å². The first kappa shape index (κ1) is 15.7. The van der Waals surface area contributed by atoms with Crippen LogP contribution in [0.2, 0.25) is 0 Å². The first-order valence-electron chi connectivity index (χ1n) is 7.33. The zero-order valence-corrected chi connectivity index (χ0v) is 12.1. The van der Waals surface area contributed by atoms with Crippen molar-refractivity contribution in [3.8, 4) is 0 Å². The topological polar surface area (TPSA) is 75.4 Å². The Hall–Kier alpha value is -1.69. The van der Waals surface area contributed by atoms with Crippen LogP contribution >= 0.6 is 0 Å². The second-order valence-electron chi connectivity index (χ2n) is 5.88. The highest BCUT2D eigenvalue weighted by Gasteiger charge is 2.32. The van der Waals surface area contributed by atoms with Crippen molar-refractivity contribution in [2.75, 3.05) is 11.9 Å². The maximum Gasteiger partial charge on any atom is 0.274 e. The molecule has 116 valence electrons. The largest absolute Gasteiger partial charge is 0.388 e. The molecule has 1 aliphatic rings. The number of non-ortho nitro benzene ring substituents is 1. The second-order valence-corrected chi connectivity index (χ2v) is 5.88. The molecule has 0 heterocycles. The fourth-order valence-corrected chi connectivity index (χ4v) is 2.85. The first-order chi connectivity index (χ1) is 9.92. The number of hydrogen-bond donors (Lipinski definition) is 2. The van der Waals surface area contributed by atoms with Gasteiger partial charge in [-0.25, -0.2) is 4.39 Å². The molecule has 0 aromatic heterocycles. The quantitative estimate of drug-likeness (QED) is 0.644. The molecule has 0 aliphatic heterocycles. The van der Waals surface area contributed by atoms with E-state index in [1.807, 2.05) is 0 Å². The molecule has 2 N–H and O–H groups in total. The molecule has 21 heavy (non-hydrogen) atoms. The summed E-state index contributed by atoms with van der Waals surface area (Å²) in [5, 5.41) is 24.1. The molecular formula is C15H21FN2O3. The van der Waals surface area contributed by atoms with Gasteiger partial charge in [0, 0.05) is 18.3 Å². The van der Waals surface area contributed by atoms with Crippen molar-refractivity contribution in [1.82, 2.24) is 0 Å². The Balaban J connectivity index is 1.98. The van der Waals surface area contributed by atoms with E-state index in [0.717, 1.165) is 25.3 Å². The molecule has 6 heteroatoms. The Morgan fingerprint density at radius 1 is 1.43 bits per heavy atom.